The lowest BCUT2D eigenvalue weighted by molar-refractivity contribution is 0.160. The van der Waals surface area contributed by atoms with Crippen molar-refractivity contribution in [2.45, 2.75) is 40.0 Å². The summed E-state index contributed by atoms with van der Waals surface area (Å²) in [6.45, 7) is 28.0. The van der Waals surface area contributed by atoms with Crippen LogP contribution in [-0.4, -0.2) is 174 Å². The number of piperazine rings is 3. The molecule has 4 aliphatic rings. The van der Waals surface area contributed by atoms with Crippen molar-refractivity contribution in [1.29, 1.82) is 0 Å². The van der Waals surface area contributed by atoms with E-state index in [1.165, 1.54) is 131 Å². The molecule has 0 aromatic carbocycles. The van der Waals surface area contributed by atoms with E-state index < -0.39 is 0 Å². The summed E-state index contributed by atoms with van der Waals surface area (Å²) in [6.07, 6.45) is 4.28. The van der Waals surface area contributed by atoms with E-state index in [4.69, 9.17) is 0 Å². The Bertz CT molecular complexity index is 382. The van der Waals surface area contributed by atoms with Crippen LogP contribution in [0.3, 0.4) is 0 Å². The molecule has 0 aromatic rings. The predicted molar refractivity (Wildman–Crippen MR) is 150 cm³/mol. The first kappa shape index (κ1) is 31.7. The Morgan fingerprint density at radius 2 is 0.559 bits per heavy atom. The minimum absolute atomic E-state index is 1.22. The standard InChI is InChI=1S/3C7H16N2.C6H13N/c3*1-3-9-6-4-8(2)5-7-9;1-7-5-3-2-4-6-7/h3*3-7H2,1-2H3;2-6H2,1H3. The van der Waals surface area contributed by atoms with Crippen molar-refractivity contribution in [3.05, 3.63) is 0 Å². The Hall–Kier alpha value is -0.280. The summed E-state index contributed by atoms with van der Waals surface area (Å²) in [6, 6.07) is 0. The summed E-state index contributed by atoms with van der Waals surface area (Å²) in [7, 11) is 8.76. The molecule has 0 aliphatic carbocycles. The maximum Gasteiger partial charge on any atom is 0.0110 e. The predicted octanol–water partition coefficient (Wildman–Crippen LogP) is 1.86. The molecule has 0 saturated carbocycles. The van der Waals surface area contributed by atoms with Gasteiger partial charge < -0.3 is 34.3 Å². The van der Waals surface area contributed by atoms with Crippen molar-refractivity contribution < 1.29 is 0 Å². The summed E-state index contributed by atoms with van der Waals surface area (Å²) >= 11 is 0. The maximum atomic E-state index is 2.49. The van der Waals surface area contributed by atoms with E-state index >= 15 is 0 Å². The van der Waals surface area contributed by atoms with Gasteiger partial charge in [0.25, 0.3) is 0 Å². The first-order valence-corrected chi connectivity index (χ1v) is 14.3. The van der Waals surface area contributed by atoms with Crippen molar-refractivity contribution >= 4 is 0 Å². The van der Waals surface area contributed by atoms with Gasteiger partial charge in [0.1, 0.15) is 0 Å². The minimum atomic E-state index is 1.22. The Balaban J connectivity index is 0.000000228. The van der Waals surface area contributed by atoms with Gasteiger partial charge in [-0.1, -0.05) is 27.2 Å². The molecule has 4 heterocycles. The normalized spacial score (nSPS) is 24.8. The van der Waals surface area contributed by atoms with Gasteiger partial charge in [0.15, 0.2) is 0 Å². The highest BCUT2D eigenvalue weighted by Crippen LogP contribution is 2.04. The zero-order valence-corrected chi connectivity index (χ0v) is 24.3. The molecule has 4 fully saturated rings. The van der Waals surface area contributed by atoms with Crippen LogP contribution >= 0.6 is 0 Å². The summed E-state index contributed by atoms with van der Waals surface area (Å²) in [5.74, 6) is 0. The maximum absolute atomic E-state index is 2.49. The molecule has 0 amide bonds. The molecule has 0 N–H and O–H groups in total. The van der Waals surface area contributed by atoms with Crippen LogP contribution in [0, 0.1) is 0 Å². The van der Waals surface area contributed by atoms with E-state index in [1.54, 1.807) is 0 Å². The van der Waals surface area contributed by atoms with E-state index in [-0.39, 0.29) is 0 Å². The monoisotopic (exact) mass is 483 g/mol. The first-order chi connectivity index (χ1) is 16.4. The highest BCUT2D eigenvalue weighted by Gasteiger charge is 2.12. The van der Waals surface area contributed by atoms with Gasteiger partial charge in [-0.05, 0) is 73.8 Å². The van der Waals surface area contributed by atoms with Crippen LogP contribution in [0.25, 0.3) is 0 Å². The summed E-state index contributed by atoms with van der Waals surface area (Å²) in [5.41, 5.74) is 0. The number of likely N-dealkylation sites (tertiary alicyclic amines) is 1. The molecule has 7 nitrogen and oxygen atoms in total. The van der Waals surface area contributed by atoms with Crippen molar-refractivity contribution in [1.82, 2.24) is 34.3 Å². The average Bonchev–Trinajstić information content (AvgIpc) is 2.87. The van der Waals surface area contributed by atoms with E-state index in [0.717, 1.165) is 0 Å². The number of nitrogens with zero attached hydrogens (tertiary/aromatic N) is 7. The molecule has 0 spiro atoms. The second-order valence-corrected chi connectivity index (χ2v) is 10.6. The van der Waals surface area contributed by atoms with Crippen LogP contribution in [-0.2, 0) is 0 Å². The van der Waals surface area contributed by atoms with E-state index in [9.17, 15) is 0 Å². The molecule has 0 unspecified atom stereocenters. The van der Waals surface area contributed by atoms with Gasteiger partial charge in [-0.15, -0.1) is 0 Å². The lowest BCUT2D eigenvalue weighted by atomic mass is 10.1. The Kier molecular flexibility index (Phi) is 18.5. The minimum Gasteiger partial charge on any atom is -0.306 e. The zero-order chi connectivity index (χ0) is 25.2. The molecule has 34 heavy (non-hydrogen) atoms. The molecular weight excluding hydrogens is 422 g/mol. The number of likely N-dealkylation sites (N-methyl/N-ethyl adjacent to an activating group) is 6. The summed E-state index contributed by atoms with van der Waals surface area (Å²) in [5, 5.41) is 0. The molecule has 0 bridgehead atoms. The first-order valence-electron chi connectivity index (χ1n) is 14.3. The van der Waals surface area contributed by atoms with Gasteiger partial charge in [-0.25, -0.2) is 0 Å². The molecule has 204 valence electrons. The summed E-state index contributed by atoms with van der Waals surface area (Å²) in [4.78, 5) is 17.0. The van der Waals surface area contributed by atoms with Gasteiger partial charge >= 0.3 is 0 Å². The average molecular weight is 484 g/mol. The van der Waals surface area contributed by atoms with Gasteiger partial charge in [0.2, 0.25) is 0 Å². The molecule has 0 atom stereocenters. The lowest BCUT2D eigenvalue weighted by Crippen LogP contribution is -2.44. The molecule has 0 radical (unpaired) electrons. The second-order valence-electron chi connectivity index (χ2n) is 10.6. The van der Waals surface area contributed by atoms with Crippen LogP contribution in [0.5, 0.6) is 0 Å². The third-order valence-electron chi connectivity index (χ3n) is 7.71. The quantitative estimate of drug-likeness (QED) is 0.604. The molecule has 4 aliphatic heterocycles. The molecule has 7 heteroatoms. The van der Waals surface area contributed by atoms with E-state index in [1.807, 2.05) is 0 Å². The van der Waals surface area contributed by atoms with Gasteiger partial charge in [-0.3, -0.25) is 0 Å². The number of hydrogen-bond donors (Lipinski definition) is 0. The van der Waals surface area contributed by atoms with Crippen molar-refractivity contribution in [2.24, 2.45) is 0 Å². The van der Waals surface area contributed by atoms with Crippen LogP contribution < -0.4 is 0 Å². The van der Waals surface area contributed by atoms with E-state index in [0.29, 0.717) is 0 Å². The van der Waals surface area contributed by atoms with Crippen molar-refractivity contribution in [3.8, 4) is 0 Å². The lowest BCUT2D eigenvalue weighted by Gasteiger charge is -2.31. The molecule has 0 aromatic heterocycles. The topological polar surface area (TPSA) is 22.7 Å². The van der Waals surface area contributed by atoms with Crippen molar-refractivity contribution in [3.63, 3.8) is 0 Å². The molecular formula is C27H61N7. The SMILES string of the molecule is CCN1CCN(C)CC1.CCN1CCN(C)CC1.CCN1CCN(C)CC1.CN1CCCCC1. The Morgan fingerprint density at radius 1 is 0.324 bits per heavy atom. The second kappa shape index (κ2) is 19.9. The number of hydrogen-bond acceptors (Lipinski definition) is 7. The number of rotatable bonds is 3. The fourth-order valence-corrected chi connectivity index (χ4v) is 4.54. The Labute approximate surface area is 214 Å². The van der Waals surface area contributed by atoms with Gasteiger partial charge in [0.05, 0.1) is 0 Å². The number of piperidine rings is 1. The third-order valence-corrected chi connectivity index (χ3v) is 7.71. The van der Waals surface area contributed by atoms with Gasteiger partial charge in [-0.2, -0.15) is 0 Å². The van der Waals surface area contributed by atoms with Crippen LogP contribution in [0.1, 0.15) is 40.0 Å². The molecule has 4 rings (SSSR count). The van der Waals surface area contributed by atoms with Gasteiger partial charge in [0, 0.05) is 78.5 Å². The van der Waals surface area contributed by atoms with Crippen molar-refractivity contribution in [2.75, 3.05) is 139 Å². The largest absolute Gasteiger partial charge is 0.306 e. The van der Waals surface area contributed by atoms with E-state index in [2.05, 4.69) is 83.3 Å². The highest BCUT2D eigenvalue weighted by molar-refractivity contribution is 4.68. The van der Waals surface area contributed by atoms with Crippen LogP contribution in [0.2, 0.25) is 0 Å². The fraction of sp³-hybridized carbons (Fsp3) is 1.00. The molecule has 4 saturated heterocycles. The van der Waals surface area contributed by atoms with Crippen LogP contribution in [0.15, 0.2) is 0 Å². The third kappa shape index (κ3) is 15.7. The van der Waals surface area contributed by atoms with Crippen LogP contribution in [0.4, 0.5) is 0 Å². The smallest absolute Gasteiger partial charge is 0.0110 e. The fourth-order valence-electron chi connectivity index (χ4n) is 4.54. The highest BCUT2D eigenvalue weighted by atomic mass is 15.3. The zero-order valence-electron chi connectivity index (χ0n) is 24.3. The summed E-state index contributed by atoms with van der Waals surface area (Å²) < 4.78 is 0. The Morgan fingerprint density at radius 3 is 0.735 bits per heavy atom.